The number of piperidine rings is 1. The smallest absolute Gasteiger partial charge is 0.228 e. The lowest BCUT2D eigenvalue weighted by Gasteiger charge is -2.30. The molecule has 1 aromatic heterocycles. The van der Waals surface area contributed by atoms with Crippen molar-refractivity contribution in [1.82, 2.24) is 10.1 Å². The molecule has 122 valence electrons. The molecule has 1 aromatic carbocycles. The molecule has 2 heterocycles. The lowest BCUT2D eigenvalue weighted by Crippen LogP contribution is -2.42. The molecule has 6 nitrogen and oxygen atoms in total. The van der Waals surface area contributed by atoms with Crippen LogP contribution in [0.4, 0.5) is 0 Å². The fourth-order valence-corrected chi connectivity index (χ4v) is 3.31. The Bertz CT molecular complexity index is 758. The zero-order chi connectivity index (χ0) is 16.6. The van der Waals surface area contributed by atoms with Crippen LogP contribution in [0.3, 0.4) is 0 Å². The Morgan fingerprint density at radius 3 is 2.65 bits per heavy atom. The van der Waals surface area contributed by atoms with Crippen molar-refractivity contribution < 1.29 is 14.1 Å². The van der Waals surface area contributed by atoms with Crippen LogP contribution in [0.25, 0.3) is 11.0 Å². The molecule has 0 spiro atoms. The standard InChI is InChI=1S/C17H21N3O3/c1-10-7-11(2)16-13(19-23-14(16)8-10)9-15(21)20-5-3-12(4-6-20)17(18)22/h7-8,12H,3-6,9H2,1-2H3,(H2,18,22). The van der Waals surface area contributed by atoms with Crippen LogP contribution < -0.4 is 5.73 Å². The lowest BCUT2D eigenvalue weighted by atomic mass is 9.96. The van der Waals surface area contributed by atoms with Gasteiger partial charge in [0.25, 0.3) is 0 Å². The number of amides is 2. The third-order valence-electron chi connectivity index (χ3n) is 4.56. The number of hydrogen-bond donors (Lipinski definition) is 1. The topological polar surface area (TPSA) is 89.4 Å². The quantitative estimate of drug-likeness (QED) is 0.933. The van der Waals surface area contributed by atoms with E-state index in [1.54, 1.807) is 4.90 Å². The molecule has 23 heavy (non-hydrogen) atoms. The molecular weight excluding hydrogens is 294 g/mol. The Labute approximate surface area is 134 Å². The number of carbonyl (C=O) groups excluding carboxylic acids is 2. The van der Waals surface area contributed by atoms with E-state index < -0.39 is 0 Å². The summed E-state index contributed by atoms with van der Waals surface area (Å²) in [4.78, 5) is 25.5. The molecule has 0 unspecified atom stereocenters. The van der Waals surface area contributed by atoms with Crippen molar-refractivity contribution in [3.05, 3.63) is 29.0 Å². The number of carbonyl (C=O) groups is 2. The Morgan fingerprint density at radius 1 is 1.30 bits per heavy atom. The minimum Gasteiger partial charge on any atom is -0.369 e. The van der Waals surface area contributed by atoms with Gasteiger partial charge in [-0.1, -0.05) is 11.2 Å². The van der Waals surface area contributed by atoms with Crippen LogP contribution >= 0.6 is 0 Å². The average Bonchev–Trinajstić information content (AvgIpc) is 2.90. The summed E-state index contributed by atoms with van der Waals surface area (Å²) in [6, 6.07) is 3.99. The summed E-state index contributed by atoms with van der Waals surface area (Å²) in [5.41, 5.74) is 8.90. The van der Waals surface area contributed by atoms with Crippen LogP contribution in [-0.2, 0) is 16.0 Å². The molecule has 2 amide bonds. The molecule has 6 heteroatoms. The molecule has 1 aliphatic rings. The van der Waals surface area contributed by atoms with E-state index in [1.807, 2.05) is 19.9 Å². The second kappa shape index (κ2) is 6.02. The third-order valence-corrected chi connectivity index (χ3v) is 4.56. The van der Waals surface area contributed by atoms with Crippen LogP contribution in [0, 0.1) is 19.8 Å². The van der Waals surface area contributed by atoms with Gasteiger partial charge in [-0.2, -0.15) is 0 Å². The largest absolute Gasteiger partial charge is 0.369 e. The molecule has 1 saturated heterocycles. The molecule has 0 bridgehead atoms. The number of rotatable bonds is 3. The fraction of sp³-hybridized carbons (Fsp3) is 0.471. The Kier molecular flexibility index (Phi) is 4.07. The van der Waals surface area contributed by atoms with E-state index in [4.69, 9.17) is 10.3 Å². The molecule has 0 radical (unpaired) electrons. The second-order valence-corrected chi connectivity index (χ2v) is 6.32. The number of aromatic nitrogens is 1. The van der Waals surface area contributed by atoms with Gasteiger partial charge in [0.15, 0.2) is 5.58 Å². The van der Waals surface area contributed by atoms with E-state index in [0.717, 1.165) is 22.1 Å². The maximum absolute atomic E-state index is 12.5. The summed E-state index contributed by atoms with van der Waals surface area (Å²) in [6.07, 6.45) is 1.50. The van der Waals surface area contributed by atoms with Gasteiger partial charge in [0.05, 0.1) is 6.42 Å². The van der Waals surface area contributed by atoms with Gasteiger partial charge < -0.3 is 15.2 Å². The second-order valence-electron chi connectivity index (χ2n) is 6.32. The molecule has 0 aliphatic carbocycles. The van der Waals surface area contributed by atoms with Gasteiger partial charge in [-0.3, -0.25) is 9.59 Å². The highest BCUT2D eigenvalue weighted by Gasteiger charge is 2.26. The molecule has 0 atom stereocenters. The summed E-state index contributed by atoms with van der Waals surface area (Å²) >= 11 is 0. The summed E-state index contributed by atoms with van der Waals surface area (Å²) in [5, 5.41) is 5.01. The van der Waals surface area contributed by atoms with Crippen molar-refractivity contribution in [3.63, 3.8) is 0 Å². The SMILES string of the molecule is Cc1cc(C)c2c(CC(=O)N3CCC(C(N)=O)CC3)noc2c1. The van der Waals surface area contributed by atoms with E-state index in [-0.39, 0.29) is 24.2 Å². The number of nitrogens with zero attached hydrogens (tertiary/aromatic N) is 2. The highest BCUT2D eigenvalue weighted by Crippen LogP contribution is 2.25. The van der Waals surface area contributed by atoms with Gasteiger partial charge in [0, 0.05) is 24.4 Å². The molecule has 2 N–H and O–H groups in total. The Morgan fingerprint density at radius 2 is 2.00 bits per heavy atom. The minimum atomic E-state index is -0.273. The Balaban J connectivity index is 1.73. The molecule has 2 aromatic rings. The van der Waals surface area contributed by atoms with Crippen molar-refractivity contribution in [2.45, 2.75) is 33.1 Å². The summed E-state index contributed by atoms with van der Waals surface area (Å²) in [6.45, 7) is 5.14. The highest BCUT2D eigenvalue weighted by atomic mass is 16.5. The molecule has 1 fully saturated rings. The summed E-state index contributed by atoms with van der Waals surface area (Å²) in [7, 11) is 0. The molecule has 0 saturated carbocycles. The predicted octanol–water partition coefficient (Wildman–Crippen LogP) is 1.71. The van der Waals surface area contributed by atoms with Crippen molar-refractivity contribution >= 4 is 22.8 Å². The van der Waals surface area contributed by atoms with Gasteiger partial charge in [-0.25, -0.2) is 0 Å². The van der Waals surface area contributed by atoms with E-state index in [9.17, 15) is 9.59 Å². The van der Waals surface area contributed by atoms with Crippen molar-refractivity contribution in [2.75, 3.05) is 13.1 Å². The third kappa shape index (κ3) is 3.06. The maximum atomic E-state index is 12.5. The zero-order valence-corrected chi connectivity index (χ0v) is 13.5. The molecule has 3 rings (SSSR count). The van der Waals surface area contributed by atoms with Gasteiger partial charge in [0.1, 0.15) is 5.69 Å². The van der Waals surface area contributed by atoms with Gasteiger partial charge in [0.2, 0.25) is 11.8 Å². The van der Waals surface area contributed by atoms with Crippen LogP contribution in [-0.4, -0.2) is 35.0 Å². The van der Waals surface area contributed by atoms with E-state index >= 15 is 0 Å². The summed E-state index contributed by atoms with van der Waals surface area (Å²) in [5.74, 6) is -0.370. The van der Waals surface area contributed by atoms with E-state index in [2.05, 4.69) is 11.2 Å². The Hall–Kier alpha value is -2.37. The zero-order valence-electron chi connectivity index (χ0n) is 13.5. The average molecular weight is 315 g/mol. The molecular formula is C17H21N3O3. The first kappa shape index (κ1) is 15.5. The van der Waals surface area contributed by atoms with Crippen molar-refractivity contribution in [1.29, 1.82) is 0 Å². The lowest BCUT2D eigenvalue weighted by molar-refractivity contribution is -0.134. The number of likely N-dealkylation sites (tertiary alicyclic amines) is 1. The number of hydrogen-bond acceptors (Lipinski definition) is 4. The minimum absolute atomic E-state index is 0.0168. The first-order valence-corrected chi connectivity index (χ1v) is 7.88. The first-order valence-electron chi connectivity index (χ1n) is 7.88. The van der Waals surface area contributed by atoms with Crippen molar-refractivity contribution in [3.8, 4) is 0 Å². The number of aryl methyl sites for hydroxylation is 2. The normalized spacial score (nSPS) is 16.0. The monoisotopic (exact) mass is 315 g/mol. The van der Waals surface area contributed by atoms with Crippen LogP contribution in [0.2, 0.25) is 0 Å². The van der Waals surface area contributed by atoms with Crippen LogP contribution in [0.15, 0.2) is 16.7 Å². The van der Waals surface area contributed by atoms with Gasteiger partial charge in [-0.05, 0) is 43.9 Å². The highest BCUT2D eigenvalue weighted by molar-refractivity contribution is 5.89. The van der Waals surface area contributed by atoms with Crippen molar-refractivity contribution in [2.24, 2.45) is 11.7 Å². The summed E-state index contributed by atoms with van der Waals surface area (Å²) < 4.78 is 5.37. The van der Waals surface area contributed by atoms with E-state index in [1.165, 1.54) is 0 Å². The molecule has 1 aliphatic heterocycles. The number of fused-ring (bicyclic) bond motifs is 1. The number of benzene rings is 1. The van der Waals surface area contributed by atoms with Gasteiger partial charge >= 0.3 is 0 Å². The maximum Gasteiger partial charge on any atom is 0.228 e. The number of primary amides is 1. The predicted molar refractivity (Wildman–Crippen MR) is 85.7 cm³/mol. The van der Waals surface area contributed by atoms with Crippen LogP contribution in [0.1, 0.15) is 29.7 Å². The van der Waals surface area contributed by atoms with Gasteiger partial charge in [-0.15, -0.1) is 0 Å². The first-order chi connectivity index (χ1) is 11.0. The fourth-order valence-electron chi connectivity index (χ4n) is 3.31. The van der Waals surface area contributed by atoms with Crippen LogP contribution in [0.5, 0.6) is 0 Å². The number of nitrogens with two attached hydrogens (primary N) is 1. The van der Waals surface area contributed by atoms with E-state index in [0.29, 0.717) is 31.6 Å².